The highest BCUT2D eigenvalue weighted by Crippen LogP contribution is 2.31. The number of hydrogen-bond donors (Lipinski definition) is 2. The van der Waals surface area contributed by atoms with Crippen molar-refractivity contribution in [2.45, 2.75) is 50.7 Å². The van der Waals surface area contributed by atoms with Crippen molar-refractivity contribution in [3.05, 3.63) is 96.4 Å². The molecule has 2 N–H and O–H groups in total. The predicted octanol–water partition coefficient (Wildman–Crippen LogP) is 6.05. The van der Waals surface area contributed by atoms with Crippen molar-refractivity contribution in [1.29, 1.82) is 5.26 Å². The molecule has 2 aromatic heterocycles. The van der Waals surface area contributed by atoms with Crippen molar-refractivity contribution in [3.63, 3.8) is 0 Å². The van der Waals surface area contributed by atoms with Crippen molar-refractivity contribution in [2.75, 3.05) is 10.2 Å². The molecule has 8 heteroatoms. The minimum absolute atomic E-state index is 0.0733. The minimum atomic E-state index is -0.115. The molecule has 8 nitrogen and oxygen atoms in total. The van der Waals surface area contributed by atoms with E-state index in [1.54, 1.807) is 16.9 Å². The Balaban J connectivity index is 1.32. The van der Waals surface area contributed by atoms with Crippen LogP contribution in [0, 0.1) is 11.3 Å². The normalized spacial score (nSPS) is 17.6. The molecule has 0 saturated heterocycles. The Labute approximate surface area is 229 Å². The molecule has 0 unspecified atom stereocenters. The monoisotopic (exact) mass is 519 g/mol. The third-order valence-corrected chi connectivity index (χ3v) is 7.35. The number of hydrogen-bond acceptors (Lipinski definition) is 5. The third kappa shape index (κ3) is 6.27. The second-order valence-electron chi connectivity index (χ2n) is 10.1. The summed E-state index contributed by atoms with van der Waals surface area (Å²) in [7, 11) is 1.90. The molecule has 2 heterocycles. The summed E-state index contributed by atoms with van der Waals surface area (Å²) in [6.07, 6.45) is 8.98. The Morgan fingerprint density at radius 1 is 1.00 bits per heavy atom. The molecule has 0 radical (unpaired) electrons. The van der Waals surface area contributed by atoms with Crippen LogP contribution in [0.5, 0.6) is 0 Å². The molecular formula is C31H33N7O. The highest BCUT2D eigenvalue weighted by molar-refractivity contribution is 5.93. The zero-order valence-electron chi connectivity index (χ0n) is 22.3. The molecule has 1 fully saturated rings. The lowest BCUT2D eigenvalue weighted by Gasteiger charge is -2.38. The molecule has 2 aromatic carbocycles. The van der Waals surface area contributed by atoms with Crippen molar-refractivity contribution in [1.82, 2.24) is 20.1 Å². The molecule has 4 aromatic rings. The first-order chi connectivity index (χ1) is 19.0. The summed E-state index contributed by atoms with van der Waals surface area (Å²) in [5, 5.41) is 20.0. The number of rotatable bonds is 7. The maximum absolute atomic E-state index is 13.8. The fraction of sp³-hybridized carbons (Fsp3) is 0.290. The van der Waals surface area contributed by atoms with E-state index in [1.807, 2.05) is 79.8 Å². The first kappa shape index (κ1) is 26.0. The zero-order valence-corrected chi connectivity index (χ0v) is 22.3. The second kappa shape index (κ2) is 11.8. The van der Waals surface area contributed by atoms with Gasteiger partial charge in [-0.15, -0.1) is 0 Å². The van der Waals surface area contributed by atoms with Crippen LogP contribution in [0.1, 0.15) is 49.8 Å². The molecule has 2 amide bonds. The van der Waals surface area contributed by atoms with Crippen LogP contribution in [-0.2, 0) is 7.05 Å². The summed E-state index contributed by atoms with van der Waals surface area (Å²) in [6.45, 7) is 2.02. The minimum Gasteiger partial charge on any atom is -0.367 e. The van der Waals surface area contributed by atoms with E-state index in [2.05, 4.69) is 38.9 Å². The molecule has 198 valence electrons. The largest absolute Gasteiger partial charge is 0.367 e. The fourth-order valence-electron chi connectivity index (χ4n) is 5.19. The van der Waals surface area contributed by atoms with E-state index in [0.717, 1.165) is 53.9 Å². The summed E-state index contributed by atoms with van der Waals surface area (Å²) in [6, 6.07) is 24.0. The predicted molar refractivity (Wildman–Crippen MR) is 153 cm³/mol. The van der Waals surface area contributed by atoms with Gasteiger partial charge in [-0.1, -0.05) is 42.5 Å². The molecule has 0 aliphatic heterocycles. The molecule has 0 spiro atoms. The highest BCUT2D eigenvalue weighted by atomic mass is 16.2. The Morgan fingerprint density at radius 3 is 2.36 bits per heavy atom. The first-order valence-electron chi connectivity index (χ1n) is 13.4. The number of aryl methyl sites for hydroxylation is 1. The second-order valence-corrected chi connectivity index (χ2v) is 10.1. The van der Waals surface area contributed by atoms with Gasteiger partial charge in [0.1, 0.15) is 11.9 Å². The zero-order chi connectivity index (χ0) is 27.2. The summed E-state index contributed by atoms with van der Waals surface area (Å²) in [5.41, 5.74) is 4.60. The highest BCUT2D eigenvalue weighted by Gasteiger charge is 2.31. The lowest BCUT2D eigenvalue weighted by atomic mass is 9.89. The summed E-state index contributed by atoms with van der Waals surface area (Å²) in [4.78, 5) is 20.1. The van der Waals surface area contributed by atoms with Gasteiger partial charge in [0.15, 0.2) is 0 Å². The van der Waals surface area contributed by atoms with Crippen LogP contribution in [-0.4, -0.2) is 32.9 Å². The maximum atomic E-state index is 13.8. The van der Waals surface area contributed by atoms with Gasteiger partial charge in [-0.3, -0.25) is 9.58 Å². The van der Waals surface area contributed by atoms with E-state index in [-0.39, 0.29) is 24.2 Å². The molecule has 1 atom stereocenters. The SMILES string of the molecule is C[C@H](NC(=O)N(c1ccc(-c2cnn(C)c2)cc1)[C@H]1CC[C@H](Nc2ccc(C#N)cn2)CC1)c1ccccc1. The fourth-order valence-corrected chi connectivity index (χ4v) is 5.19. The van der Waals surface area contributed by atoms with Gasteiger partial charge < -0.3 is 10.6 Å². The Hall–Kier alpha value is -4.64. The number of amides is 2. The van der Waals surface area contributed by atoms with Gasteiger partial charge in [0.2, 0.25) is 0 Å². The van der Waals surface area contributed by atoms with Gasteiger partial charge in [-0.2, -0.15) is 10.4 Å². The molecule has 0 bridgehead atoms. The summed E-state index contributed by atoms with van der Waals surface area (Å²) in [5.74, 6) is 0.773. The molecule has 39 heavy (non-hydrogen) atoms. The third-order valence-electron chi connectivity index (χ3n) is 7.35. The Kier molecular flexibility index (Phi) is 7.88. The van der Waals surface area contributed by atoms with Gasteiger partial charge in [-0.25, -0.2) is 9.78 Å². The van der Waals surface area contributed by atoms with Gasteiger partial charge >= 0.3 is 6.03 Å². The van der Waals surface area contributed by atoms with E-state index in [0.29, 0.717) is 5.56 Å². The Morgan fingerprint density at radius 2 is 1.74 bits per heavy atom. The quantitative estimate of drug-likeness (QED) is 0.309. The number of carbonyl (C=O) groups is 1. The van der Waals surface area contributed by atoms with Gasteiger partial charge in [0.05, 0.1) is 17.8 Å². The van der Waals surface area contributed by atoms with Crippen LogP contribution in [0.25, 0.3) is 11.1 Å². The molecular weight excluding hydrogens is 486 g/mol. The van der Waals surface area contributed by atoms with Crippen LogP contribution in [0.2, 0.25) is 0 Å². The molecule has 5 rings (SSSR count). The van der Waals surface area contributed by atoms with Crippen molar-refractivity contribution < 1.29 is 4.79 Å². The van der Waals surface area contributed by atoms with E-state index in [4.69, 9.17) is 5.26 Å². The van der Waals surface area contributed by atoms with Crippen LogP contribution >= 0.6 is 0 Å². The number of nitrogens with one attached hydrogen (secondary N) is 2. The molecule has 1 aliphatic rings. The van der Waals surface area contributed by atoms with Gasteiger partial charge in [-0.05, 0) is 68.0 Å². The van der Waals surface area contributed by atoms with Crippen molar-refractivity contribution in [2.24, 2.45) is 7.05 Å². The van der Waals surface area contributed by atoms with E-state index in [1.165, 1.54) is 0 Å². The van der Waals surface area contributed by atoms with E-state index < -0.39 is 0 Å². The number of benzene rings is 2. The van der Waals surface area contributed by atoms with E-state index in [9.17, 15) is 4.79 Å². The van der Waals surface area contributed by atoms with E-state index >= 15 is 0 Å². The molecule has 1 saturated carbocycles. The lowest BCUT2D eigenvalue weighted by molar-refractivity contribution is 0.238. The topological polar surface area (TPSA) is 98.9 Å². The van der Waals surface area contributed by atoms with Gasteiger partial charge in [0, 0.05) is 42.8 Å². The Bertz CT molecular complexity index is 1420. The number of nitrogens with zero attached hydrogens (tertiary/aromatic N) is 5. The van der Waals surface area contributed by atoms with Crippen molar-refractivity contribution >= 4 is 17.5 Å². The number of anilines is 2. The lowest BCUT2D eigenvalue weighted by Crippen LogP contribution is -2.49. The number of carbonyl (C=O) groups excluding carboxylic acids is 1. The number of nitriles is 1. The number of aromatic nitrogens is 3. The number of urea groups is 1. The van der Waals surface area contributed by atoms with Crippen LogP contribution in [0.4, 0.5) is 16.3 Å². The smallest absolute Gasteiger partial charge is 0.322 e. The van der Waals surface area contributed by atoms with Crippen LogP contribution in [0.3, 0.4) is 0 Å². The van der Waals surface area contributed by atoms with Crippen LogP contribution in [0.15, 0.2) is 85.3 Å². The van der Waals surface area contributed by atoms with Crippen LogP contribution < -0.4 is 15.5 Å². The van der Waals surface area contributed by atoms with Crippen molar-refractivity contribution in [3.8, 4) is 17.2 Å². The maximum Gasteiger partial charge on any atom is 0.322 e. The average Bonchev–Trinajstić information content (AvgIpc) is 3.41. The average molecular weight is 520 g/mol. The summed E-state index contributed by atoms with van der Waals surface area (Å²) >= 11 is 0. The molecule has 1 aliphatic carbocycles. The summed E-state index contributed by atoms with van der Waals surface area (Å²) < 4.78 is 1.79. The standard InChI is InChI=1S/C31H33N7O/c1-22(24-6-4-3-5-7-24)35-31(39)38(28-13-9-25(10-14-28)26-20-34-37(2)21-26)29-15-11-27(12-16-29)36-30-17-8-23(18-32)19-33-30/h3-10,13-14,17,19-22,27,29H,11-12,15-16H2,1-2H3,(H,33,36)(H,35,39)/t22-,27-,29-/m0/s1. The van der Waals surface area contributed by atoms with Gasteiger partial charge in [0.25, 0.3) is 0 Å². The number of pyridine rings is 1. The first-order valence-corrected chi connectivity index (χ1v) is 13.4.